The van der Waals surface area contributed by atoms with Crippen molar-refractivity contribution in [3.63, 3.8) is 0 Å². The summed E-state index contributed by atoms with van der Waals surface area (Å²) in [5.74, 6) is -0.447. The third-order valence-electron chi connectivity index (χ3n) is 1.99. The van der Waals surface area contributed by atoms with Crippen molar-refractivity contribution in [1.29, 1.82) is 0 Å². The molecule has 2 N–H and O–H groups in total. The number of anilines is 1. The number of alkyl halides is 3. The number of nitrogen functional groups attached to an aromatic ring is 1. The third-order valence-corrected chi connectivity index (χ3v) is 3.40. The second-order valence-electron chi connectivity index (χ2n) is 3.46. The second kappa shape index (κ2) is 4.86. The zero-order chi connectivity index (χ0) is 12.3. The van der Waals surface area contributed by atoms with E-state index in [1.807, 2.05) is 0 Å². The molecule has 0 fully saturated rings. The molecule has 0 aliphatic heterocycles. The van der Waals surface area contributed by atoms with Crippen molar-refractivity contribution in [3.8, 4) is 0 Å². The minimum absolute atomic E-state index is 0.270. The lowest BCUT2D eigenvalue weighted by atomic mass is 10.2. The van der Waals surface area contributed by atoms with Crippen molar-refractivity contribution >= 4 is 16.5 Å². The van der Waals surface area contributed by atoms with Crippen LogP contribution in [0.15, 0.2) is 23.1 Å². The minimum atomic E-state index is -4.28. The molecule has 1 rings (SSSR count). The highest BCUT2D eigenvalue weighted by Crippen LogP contribution is 2.23. The predicted molar refractivity (Wildman–Crippen MR) is 57.5 cm³/mol. The highest BCUT2D eigenvalue weighted by Gasteiger charge is 2.28. The Morgan fingerprint density at radius 3 is 2.56 bits per heavy atom. The van der Waals surface area contributed by atoms with E-state index < -0.39 is 29.1 Å². The molecule has 0 aliphatic rings. The van der Waals surface area contributed by atoms with Crippen LogP contribution >= 0.6 is 0 Å². The third kappa shape index (κ3) is 3.84. The lowest BCUT2D eigenvalue weighted by Crippen LogP contribution is -2.13. The number of rotatable bonds is 3. The van der Waals surface area contributed by atoms with Gasteiger partial charge < -0.3 is 5.73 Å². The standard InChI is InChI=1S/C10H12F3NOS/c1-7-2-3-8(14)9(6-7)16(15)5-4-10(11,12)13/h2-3,6H,4-5,14H2,1H3. The lowest BCUT2D eigenvalue weighted by Gasteiger charge is -2.08. The van der Waals surface area contributed by atoms with Crippen LogP contribution < -0.4 is 5.73 Å². The Morgan fingerprint density at radius 2 is 2.00 bits per heavy atom. The molecule has 0 heterocycles. The Hall–Kier alpha value is -1.04. The molecule has 0 aliphatic carbocycles. The van der Waals surface area contributed by atoms with Gasteiger partial charge in [-0.25, -0.2) is 0 Å². The number of benzene rings is 1. The zero-order valence-corrected chi connectivity index (χ0v) is 9.49. The molecule has 6 heteroatoms. The fraction of sp³-hybridized carbons (Fsp3) is 0.400. The maximum atomic E-state index is 11.9. The Bertz CT molecular complexity index is 404. The topological polar surface area (TPSA) is 43.1 Å². The molecule has 0 amide bonds. The fourth-order valence-corrected chi connectivity index (χ4v) is 2.44. The van der Waals surface area contributed by atoms with Crippen molar-refractivity contribution in [1.82, 2.24) is 0 Å². The summed E-state index contributed by atoms with van der Waals surface area (Å²) in [4.78, 5) is 0.282. The molecule has 90 valence electrons. The molecular weight excluding hydrogens is 239 g/mol. The predicted octanol–water partition coefficient (Wildman–Crippen LogP) is 2.64. The van der Waals surface area contributed by atoms with Gasteiger partial charge in [0.1, 0.15) is 0 Å². The number of halogens is 3. The largest absolute Gasteiger partial charge is 0.398 e. The summed E-state index contributed by atoms with van der Waals surface area (Å²) in [6.07, 6.45) is -5.35. The van der Waals surface area contributed by atoms with Crippen LogP contribution in [0.25, 0.3) is 0 Å². The van der Waals surface area contributed by atoms with Crippen molar-refractivity contribution in [2.75, 3.05) is 11.5 Å². The monoisotopic (exact) mass is 251 g/mol. The summed E-state index contributed by atoms with van der Waals surface area (Å²) in [6.45, 7) is 1.77. The first-order chi connectivity index (χ1) is 7.29. The van der Waals surface area contributed by atoms with Crippen LogP contribution in [0.1, 0.15) is 12.0 Å². The maximum Gasteiger partial charge on any atom is 0.390 e. The first-order valence-corrected chi connectivity index (χ1v) is 5.93. The van der Waals surface area contributed by atoms with Gasteiger partial charge in [-0.1, -0.05) is 6.07 Å². The van der Waals surface area contributed by atoms with Crippen molar-refractivity contribution in [2.24, 2.45) is 0 Å². The molecule has 1 aromatic carbocycles. The molecule has 0 bridgehead atoms. The number of hydrogen-bond acceptors (Lipinski definition) is 2. The van der Waals surface area contributed by atoms with Crippen LogP contribution in [-0.2, 0) is 10.8 Å². The number of hydrogen-bond donors (Lipinski definition) is 1. The lowest BCUT2D eigenvalue weighted by molar-refractivity contribution is -0.129. The summed E-state index contributed by atoms with van der Waals surface area (Å²) < 4.78 is 47.4. The number of aryl methyl sites for hydroxylation is 1. The Morgan fingerprint density at radius 1 is 1.38 bits per heavy atom. The molecule has 16 heavy (non-hydrogen) atoms. The molecular formula is C10H12F3NOS. The van der Waals surface area contributed by atoms with Crippen molar-refractivity contribution in [3.05, 3.63) is 23.8 Å². The minimum Gasteiger partial charge on any atom is -0.398 e. The van der Waals surface area contributed by atoms with E-state index >= 15 is 0 Å². The molecule has 1 unspecified atom stereocenters. The highest BCUT2D eigenvalue weighted by atomic mass is 32.2. The molecule has 0 saturated heterocycles. The van der Waals surface area contributed by atoms with E-state index in [1.54, 1.807) is 25.1 Å². The average Bonchev–Trinajstić information content (AvgIpc) is 2.17. The van der Waals surface area contributed by atoms with E-state index in [4.69, 9.17) is 5.73 Å². The van der Waals surface area contributed by atoms with Crippen LogP contribution in [0.4, 0.5) is 18.9 Å². The average molecular weight is 251 g/mol. The molecule has 0 radical (unpaired) electrons. The van der Waals surface area contributed by atoms with Crippen molar-refractivity contribution in [2.45, 2.75) is 24.4 Å². The molecule has 1 aromatic rings. The van der Waals surface area contributed by atoms with Gasteiger partial charge in [-0.3, -0.25) is 4.21 Å². The zero-order valence-electron chi connectivity index (χ0n) is 8.67. The van der Waals surface area contributed by atoms with Crippen LogP contribution in [0.5, 0.6) is 0 Å². The van der Waals surface area contributed by atoms with Gasteiger partial charge in [0.2, 0.25) is 0 Å². The van der Waals surface area contributed by atoms with E-state index in [0.29, 0.717) is 0 Å². The molecule has 2 nitrogen and oxygen atoms in total. The first-order valence-electron chi connectivity index (χ1n) is 4.61. The molecule has 0 aromatic heterocycles. The molecule has 0 spiro atoms. The molecule has 1 atom stereocenters. The van der Waals surface area contributed by atoms with E-state index in [0.717, 1.165) is 5.56 Å². The first kappa shape index (κ1) is 13.0. The van der Waals surface area contributed by atoms with Crippen LogP contribution in [-0.4, -0.2) is 16.1 Å². The van der Waals surface area contributed by atoms with E-state index in [1.165, 1.54) is 0 Å². The normalized spacial score (nSPS) is 13.8. The van der Waals surface area contributed by atoms with Crippen molar-refractivity contribution < 1.29 is 17.4 Å². The quantitative estimate of drug-likeness (QED) is 0.839. The van der Waals surface area contributed by atoms with E-state index in [2.05, 4.69) is 0 Å². The fourth-order valence-electron chi connectivity index (χ4n) is 1.16. The summed E-state index contributed by atoms with van der Waals surface area (Å²) in [7, 11) is -1.70. The van der Waals surface area contributed by atoms with Crippen LogP contribution in [0, 0.1) is 6.92 Å². The van der Waals surface area contributed by atoms with Gasteiger partial charge in [0.25, 0.3) is 0 Å². The molecule has 0 saturated carbocycles. The summed E-state index contributed by atoms with van der Waals surface area (Å²) >= 11 is 0. The Balaban J connectivity index is 2.77. The van der Waals surface area contributed by atoms with Crippen LogP contribution in [0.3, 0.4) is 0 Å². The smallest absolute Gasteiger partial charge is 0.390 e. The van der Waals surface area contributed by atoms with E-state index in [9.17, 15) is 17.4 Å². The van der Waals surface area contributed by atoms with Gasteiger partial charge in [0, 0.05) is 11.4 Å². The Labute approximate surface area is 94.1 Å². The summed E-state index contributed by atoms with van der Waals surface area (Å²) in [6, 6.07) is 4.83. The maximum absolute atomic E-state index is 11.9. The summed E-state index contributed by atoms with van der Waals surface area (Å²) in [5.41, 5.74) is 6.65. The van der Waals surface area contributed by atoms with Gasteiger partial charge in [-0.2, -0.15) is 13.2 Å². The SMILES string of the molecule is Cc1ccc(N)c(S(=O)CCC(F)(F)F)c1. The highest BCUT2D eigenvalue weighted by molar-refractivity contribution is 7.85. The second-order valence-corrected chi connectivity index (χ2v) is 5.00. The van der Waals surface area contributed by atoms with Gasteiger partial charge in [-0.05, 0) is 24.6 Å². The van der Waals surface area contributed by atoms with Crippen LogP contribution in [0.2, 0.25) is 0 Å². The van der Waals surface area contributed by atoms with Gasteiger partial charge in [0.05, 0.1) is 22.1 Å². The van der Waals surface area contributed by atoms with Gasteiger partial charge in [-0.15, -0.1) is 0 Å². The number of nitrogens with two attached hydrogens (primary N) is 1. The summed E-state index contributed by atoms with van der Waals surface area (Å²) in [5, 5.41) is 0. The van der Waals surface area contributed by atoms with E-state index in [-0.39, 0.29) is 10.6 Å². The van der Waals surface area contributed by atoms with Gasteiger partial charge in [0.15, 0.2) is 0 Å². The Kier molecular flexibility index (Phi) is 3.96. The van der Waals surface area contributed by atoms with Gasteiger partial charge >= 0.3 is 6.18 Å².